The summed E-state index contributed by atoms with van der Waals surface area (Å²) < 4.78 is 1.27. The van der Waals surface area contributed by atoms with Crippen LogP contribution in [0.3, 0.4) is 0 Å². The summed E-state index contributed by atoms with van der Waals surface area (Å²) in [6, 6.07) is 0. The Hall–Kier alpha value is 0.0500. The molecule has 1 unspecified atom stereocenters. The Kier molecular flexibility index (Phi) is 1.97. The molecule has 0 fully saturated rings. The van der Waals surface area contributed by atoms with Crippen molar-refractivity contribution < 1.29 is 0 Å². The van der Waals surface area contributed by atoms with Crippen molar-refractivity contribution in [3.63, 3.8) is 0 Å². The van der Waals surface area contributed by atoms with Crippen molar-refractivity contribution in [1.82, 2.24) is 0 Å². The highest BCUT2D eigenvalue weighted by Crippen LogP contribution is 2.44. The molecule has 1 atom stereocenters. The zero-order chi connectivity index (χ0) is 5.98. The molecule has 1 aliphatic rings. The van der Waals surface area contributed by atoms with Crippen molar-refractivity contribution in [1.29, 1.82) is 0 Å². The zero-order valence-corrected chi connectivity index (χ0v) is 6.82. The summed E-state index contributed by atoms with van der Waals surface area (Å²) in [5.74, 6) is 0. The minimum atomic E-state index is -0.143. The van der Waals surface area contributed by atoms with Gasteiger partial charge in [-0.3, -0.25) is 0 Å². The fraction of sp³-hybridized carbons (Fsp3) is 0. The summed E-state index contributed by atoms with van der Waals surface area (Å²) in [6.45, 7) is 3.70. The van der Waals surface area contributed by atoms with Gasteiger partial charge in [-0.25, -0.2) is 0 Å². The number of thiol groups is 1. The maximum absolute atomic E-state index is 3.70. The molecule has 2 heteroatoms. The molecule has 0 radical (unpaired) electrons. The SMILES string of the molecule is C=C[SH]1C=CC=C1Br. The highest BCUT2D eigenvalue weighted by atomic mass is 79.9. The first-order valence-electron chi connectivity index (χ1n) is 2.29. The van der Waals surface area contributed by atoms with E-state index in [9.17, 15) is 0 Å². The number of rotatable bonds is 1. The van der Waals surface area contributed by atoms with E-state index in [-0.39, 0.29) is 10.9 Å². The first-order valence-corrected chi connectivity index (χ1v) is 4.57. The number of allylic oxidation sites excluding steroid dienone is 2. The lowest BCUT2D eigenvalue weighted by Crippen LogP contribution is -1.58. The monoisotopic (exact) mass is 190 g/mol. The van der Waals surface area contributed by atoms with Crippen molar-refractivity contribution in [2.75, 3.05) is 0 Å². The van der Waals surface area contributed by atoms with E-state index in [1.165, 1.54) is 3.81 Å². The molecule has 0 saturated carbocycles. The largest absolute Gasteiger partial charge is 0.180 e. The van der Waals surface area contributed by atoms with E-state index in [2.05, 4.69) is 40.1 Å². The molecular formula is C6H7BrS. The van der Waals surface area contributed by atoms with Gasteiger partial charge in [0.05, 0.1) is 0 Å². The fourth-order valence-electron chi connectivity index (χ4n) is 0.520. The molecule has 0 bridgehead atoms. The Morgan fingerprint density at radius 3 is 2.75 bits per heavy atom. The fourth-order valence-corrected chi connectivity index (χ4v) is 2.43. The maximum atomic E-state index is 3.70. The second-order valence-electron chi connectivity index (χ2n) is 1.42. The molecule has 0 aromatic rings. The Labute approximate surface area is 60.4 Å². The number of halogens is 1. The minimum Gasteiger partial charge on any atom is -0.180 e. The number of hydrogen-bond donors (Lipinski definition) is 1. The highest BCUT2D eigenvalue weighted by molar-refractivity contribution is 9.14. The van der Waals surface area contributed by atoms with E-state index < -0.39 is 0 Å². The normalized spacial score (nSPS) is 30.1. The van der Waals surface area contributed by atoms with E-state index in [4.69, 9.17) is 0 Å². The molecule has 0 aliphatic carbocycles. The van der Waals surface area contributed by atoms with Crippen LogP contribution in [0.1, 0.15) is 0 Å². The summed E-state index contributed by atoms with van der Waals surface area (Å²) in [6.07, 6.45) is 4.12. The molecule has 0 aromatic heterocycles. The van der Waals surface area contributed by atoms with Gasteiger partial charge in [0.25, 0.3) is 0 Å². The van der Waals surface area contributed by atoms with E-state index in [1.54, 1.807) is 0 Å². The quantitative estimate of drug-likeness (QED) is 0.605. The van der Waals surface area contributed by atoms with Crippen LogP contribution in [0.4, 0.5) is 0 Å². The third-order valence-corrected chi connectivity index (χ3v) is 3.95. The van der Waals surface area contributed by atoms with Crippen LogP contribution < -0.4 is 0 Å². The molecule has 0 nitrogen and oxygen atoms in total. The lowest BCUT2D eigenvalue weighted by atomic mass is 10.6. The smallest absolute Gasteiger partial charge is 0.0377 e. The lowest BCUT2D eigenvalue weighted by Gasteiger charge is -2.03. The molecule has 0 spiro atoms. The topological polar surface area (TPSA) is 0 Å². The van der Waals surface area contributed by atoms with Gasteiger partial charge in [0, 0.05) is 3.81 Å². The zero-order valence-electron chi connectivity index (χ0n) is 4.34. The molecule has 0 aromatic carbocycles. The van der Waals surface area contributed by atoms with E-state index >= 15 is 0 Å². The summed E-state index contributed by atoms with van der Waals surface area (Å²) in [7, 11) is -0.143. The van der Waals surface area contributed by atoms with E-state index in [1.807, 2.05) is 5.41 Å². The van der Waals surface area contributed by atoms with Crippen molar-refractivity contribution >= 4 is 26.8 Å². The average molecular weight is 191 g/mol. The van der Waals surface area contributed by atoms with Crippen LogP contribution in [0.5, 0.6) is 0 Å². The summed E-state index contributed by atoms with van der Waals surface area (Å²) in [5, 5.41) is 4.13. The van der Waals surface area contributed by atoms with E-state index in [0.29, 0.717) is 0 Å². The maximum Gasteiger partial charge on any atom is 0.0377 e. The van der Waals surface area contributed by atoms with Gasteiger partial charge in [-0.05, 0) is 32.8 Å². The molecular weight excluding hydrogens is 184 g/mol. The molecule has 0 N–H and O–H groups in total. The summed E-state index contributed by atoms with van der Waals surface area (Å²) >= 11 is 3.42. The molecule has 1 rings (SSSR count). The third-order valence-electron chi connectivity index (χ3n) is 0.924. The van der Waals surface area contributed by atoms with Gasteiger partial charge in [-0.1, -0.05) is 12.7 Å². The van der Waals surface area contributed by atoms with Crippen LogP contribution in [0.15, 0.2) is 33.4 Å². The molecule has 0 amide bonds. The van der Waals surface area contributed by atoms with Gasteiger partial charge < -0.3 is 0 Å². The van der Waals surface area contributed by atoms with Crippen molar-refractivity contribution in [2.45, 2.75) is 0 Å². The van der Waals surface area contributed by atoms with Crippen molar-refractivity contribution in [3.8, 4) is 0 Å². The van der Waals surface area contributed by atoms with Gasteiger partial charge in [0.1, 0.15) is 0 Å². The van der Waals surface area contributed by atoms with E-state index in [0.717, 1.165) is 0 Å². The predicted molar refractivity (Wildman–Crippen MR) is 45.3 cm³/mol. The standard InChI is InChI=1S/C6H7BrS/c1-2-8-5-3-4-6(8)7/h2-5,8H,1H2. The van der Waals surface area contributed by atoms with Gasteiger partial charge in [-0.15, -0.1) is 0 Å². The molecule has 8 heavy (non-hydrogen) atoms. The Balaban J connectivity index is 2.71. The Morgan fingerprint density at radius 2 is 2.50 bits per heavy atom. The second kappa shape index (κ2) is 2.55. The van der Waals surface area contributed by atoms with Gasteiger partial charge in [-0.2, -0.15) is 10.9 Å². The second-order valence-corrected chi connectivity index (χ2v) is 4.85. The number of hydrogen-bond acceptors (Lipinski definition) is 0. The van der Waals surface area contributed by atoms with Gasteiger partial charge in [0.15, 0.2) is 0 Å². The minimum absolute atomic E-state index is 0.143. The van der Waals surface area contributed by atoms with Crippen LogP contribution in [0.25, 0.3) is 0 Å². The molecule has 1 heterocycles. The van der Waals surface area contributed by atoms with Crippen LogP contribution >= 0.6 is 26.8 Å². The lowest BCUT2D eigenvalue weighted by molar-refractivity contribution is 2.13. The van der Waals surface area contributed by atoms with Crippen LogP contribution in [0, 0.1) is 0 Å². The summed E-state index contributed by atoms with van der Waals surface area (Å²) in [5.41, 5.74) is 0. The van der Waals surface area contributed by atoms with Gasteiger partial charge in [0.2, 0.25) is 0 Å². The Bertz CT molecular complexity index is 158. The third kappa shape index (κ3) is 1.06. The van der Waals surface area contributed by atoms with Crippen molar-refractivity contribution in [3.05, 3.63) is 33.4 Å². The average Bonchev–Trinajstić information content (AvgIpc) is 2.14. The van der Waals surface area contributed by atoms with Gasteiger partial charge >= 0.3 is 0 Å². The molecule has 0 saturated heterocycles. The highest BCUT2D eigenvalue weighted by Gasteiger charge is 2.00. The first-order chi connectivity index (χ1) is 3.84. The summed E-state index contributed by atoms with van der Waals surface area (Å²) in [4.78, 5) is 0. The molecule has 1 aliphatic heterocycles. The Morgan fingerprint density at radius 1 is 1.75 bits per heavy atom. The molecule has 44 valence electrons. The van der Waals surface area contributed by atoms with Crippen LogP contribution in [0.2, 0.25) is 0 Å². The van der Waals surface area contributed by atoms with Crippen LogP contribution in [-0.2, 0) is 0 Å². The first kappa shape index (κ1) is 6.17. The van der Waals surface area contributed by atoms with Crippen molar-refractivity contribution in [2.24, 2.45) is 0 Å². The predicted octanol–water partition coefficient (Wildman–Crippen LogP) is 2.89. The van der Waals surface area contributed by atoms with Crippen LogP contribution in [-0.4, -0.2) is 0 Å².